The number of aliphatic hydroxyl groups is 1. The normalized spacial score (nSPS) is 12.4. The topological polar surface area (TPSA) is 32.3 Å². The van der Waals surface area contributed by atoms with Gasteiger partial charge in [-0.25, -0.2) is 0 Å². The average Bonchev–Trinajstić information content (AvgIpc) is 2.75. The Morgan fingerprint density at radius 2 is 2.06 bits per heavy atom. The van der Waals surface area contributed by atoms with Crippen molar-refractivity contribution in [2.45, 2.75) is 6.04 Å². The summed E-state index contributed by atoms with van der Waals surface area (Å²) >= 11 is 11.1. The summed E-state index contributed by atoms with van der Waals surface area (Å²) in [6.45, 7) is 0.0260. The number of nitrogens with one attached hydrogen (secondary N) is 1. The van der Waals surface area contributed by atoms with E-state index in [2.05, 4.69) is 21.2 Å². The fraction of sp³-hybridized carbons (Fsp3) is 0.167. The van der Waals surface area contributed by atoms with Crippen LogP contribution in [-0.4, -0.2) is 11.7 Å². The number of halogens is 2. The number of benzene rings is 1. The summed E-state index contributed by atoms with van der Waals surface area (Å²) in [4.78, 5) is 1.07. The Kier molecular flexibility index (Phi) is 4.45. The minimum atomic E-state index is -0.133. The number of hydrogen-bond donors (Lipinski definition) is 2. The first-order valence-corrected chi connectivity index (χ1v) is 7.06. The van der Waals surface area contributed by atoms with E-state index in [0.29, 0.717) is 5.02 Å². The molecule has 0 bridgehead atoms. The highest BCUT2D eigenvalue weighted by molar-refractivity contribution is 9.11. The highest BCUT2D eigenvalue weighted by atomic mass is 79.9. The quantitative estimate of drug-likeness (QED) is 0.874. The Morgan fingerprint density at radius 3 is 2.65 bits per heavy atom. The lowest BCUT2D eigenvalue weighted by Crippen LogP contribution is -2.13. The van der Waals surface area contributed by atoms with Crippen LogP contribution in [0, 0.1) is 0 Å². The molecule has 5 heteroatoms. The zero-order valence-corrected chi connectivity index (χ0v) is 12.0. The first kappa shape index (κ1) is 12.9. The minimum absolute atomic E-state index is 0.0260. The van der Waals surface area contributed by atoms with Crippen molar-refractivity contribution in [3.8, 4) is 0 Å². The van der Waals surface area contributed by atoms with Crippen LogP contribution in [-0.2, 0) is 0 Å². The summed E-state index contributed by atoms with van der Waals surface area (Å²) in [5.41, 5.74) is 0.831. The van der Waals surface area contributed by atoms with Crippen LogP contribution in [0.2, 0.25) is 5.02 Å². The Balaban J connectivity index is 2.18. The van der Waals surface area contributed by atoms with Crippen molar-refractivity contribution in [2.75, 3.05) is 11.9 Å². The summed E-state index contributed by atoms with van der Waals surface area (Å²) in [7, 11) is 0. The number of para-hydroxylation sites is 1. The van der Waals surface area contributed by atoms with Gasteiger partial charge in [0.25, 0.3) is 0 Å². The largest absolute Gasteiger partial charge is 0.394 e. The number of hydrogen-bond acceptors (Lipinski definition) is 3. The van der Waals surface area contributed by atoms with E-state index < -0.39 is 0 Å². The van der Waals surface area contributed by atoms with E-state index in [-0.39, 0.29) is 12.6 Å². The Morgan fingerprint density at radius 1 is 1.29 bits per heavy atom. The van der Waals surface area contributed by atoms with E-state index in [1.165, 1.54) is 0 Å². The molecule has 0 spiro atoms. The van der Waals surface area contributed by atoms with Gasteiger partial charge in [-0.1, -0.05) is 23.7 Å². The van der Waals surface area contributed by atoms with Crippen LogP contribution in [0.5, 0.6) is 0 Å². The molecule has 0 amide bonds. The zero-order valence-electron chi connectivity index (χ0n) is 8.86. The van der Waals surface area contributed by atoms with E-state index in [1.807, 2.05) is 36.4 Å². The van der Waals surface area contributed by atoms with E-state index in [9.17, 15) is 5.11 Å². The van der Waals surface area contributed by atoms with Crippen molar-refractivity contribution in [3.63, 3.8) is 0 Å². The maximum atomic E-state index is 9.43. The summed E-state index contributed by atoms with van der Waals surface area (Å²) in [6, 6.07) is 11.3. The van der Waals surface area contributed by atoms with Crippen LogP contribution in [0.25, 0.3) is 0 Å². The van der Waals surface area contributed by atoms with Gasteiger partial charge in [-0.15, -0.1) is 11.3 Å². The molecule has 2 rings (SSSR count). The lowest BCUT2D eigenvalue weighted by Gasteiger charge is -2.17. The molecular weight excluding hydrogens is 322 g/mol. The molecule has 1 unspecified atom stereocenters. The molecule has 0 aliphatic heterocycles. The molecule has 0 radical (unpaired) electrons. The molecule has 0 aliphatic carbocycles. The Labute approximate surface area is 117 Å². The average molecular weight is 333 g/mol. The van der Waals surface area contributed by atoms with Gasteiger partial charge in [0.1, 0.15) is 0 Å². The second-order valence-electron chi connectivity index (χ2n) is 3.50. The highest BCUT2D eigenvalue weighted by Crippen LogP contribution is 2.31. The summed E-state index contributed by atoms with van der Waals surface area (Å²) in [5, 5.41) is 13.3. The van der Waals surface area contributed by atoms with Gasteiger partial charge in [-0.3, -0.25) is 0 Å². The van der Waals surface area contributed by atoms with Crippen molar-refractivity contribution in [1.82, 2.24) is 0 Å². The molecule has 2 aromatic rings. The van der Waals surface area contributed by atoms with Crippen molar-refractivity contribution in [3.05, 3.63) is 50.1 Å². The number of thiophene rings is 1. The molecule has 2 N–H and O–H groups in total. The Hall–Kier alpha value is -0.550. The molecule has 1 atom stereocenters. The third-order valence-electron chi connectivity index (χ3n) is 2.32. The molecule has 0 fully saturated rings. The maximum absolute atomic E-state index is 9.43. The van der Waals surface area contributed by atoms with E-state index >= 15 is 0 Å². The number of anilines is 1. The molecule has 1 aromatic heterocycles. The van der Waals surface area contributed by atoms with Gasteiger partial charge < -0.3 is 10.4 Å². The maximum Gasteiger partial charge on any atom is 0.0838 e. The van der Waals surface area contributed by atoms with Gasteiger partial charge in [0.05, 0.1) is 27.1 Å². The highest BCUT2D eigenvalue weighted by Gasteiger charge is 2.13. The van der Waals surface area contributed by atoms with Gasteiger partial charge in [0, 0.05) is 4.88 Å². The third-order valence-corrected chi connectivity index (χ3v) is 4.39. The smallest absolute Gasteiger partial charge is 0.0838 e. The van der Waals surface area contributed by atoms with Crippen molar-refractivity contribution in [2.24, 2.45) is 0 Å². The molecule has 2 nitrogen and oxygen atoms in total. The van der Waals surface area contributed by atoms with Gasteiger partial charge in [-0.05, 0) is 40.2 Å². The predicted octanol–water partition coefficient (Wildman–Crippen LogP) is 4.31. The standard InChI is InChI=1S/C12H11BrClNOS/c13-12-6-5-11(17-12)10(7-16)15-9-4-2-1-3-8(9)14/h1-6,10,15-16H,7H2. The lowest BCUT2D eigenvalue weighted by atomic mass is 10.2. The molecule has 90 valence electrons. The monoisotopic (exact) mass is 331 g/mol. The van der Waals surface area contributed by atoms with Crippen molar-refractivity contribution >= 4 is 44.6 Å². The number of aliphatic hydroxyl groups excluding tert-OH is 1. The van der Waals surface area contributed by atoms with Crippen molar-refractivity contribution < 1.29 is 5.11 Å². The van der Waals surface area contributed by atoms with Gasteiger partial charge in [-0.2, -0.15) is 0 Å². The SMILES string of the molecule is OCC(Nc1ccccc1Cl)c1ccc(Br)s1. The molecule has 1 aromatic carbocycles. The molecule has 0 saturated heterocycles. The fourth-order valence-electron chi connectivity index (χ4n) is 1.49. The minimum Gasteiger partial charge on any atom is -0.394 e. The molecule has 0 aliphatic rings. The first-order valence-electron chi connectivity index (χ1n) is 5.08. The van der Waals surface area contributed by atoms with Gasteiger partial charge >= 0.3 is 0 Å². The van der Waals surface area contributed by atoms with Crippen LogP contribution in [0.15, 0.2) is 40.2 Å². The van der Waals surface area contributed by atoms with E-state index in [4.69, 9.17) is 11.6 Å². The summed E-state index contributed by atoms with van der Waals surface area (Å²) < 4.78 is 1.05. The predicted molar refractivity (Wildman–Crippen MR) is 76.9 cm³/mol. The number of rotatable bonds is 4. The van der Waals surface area contributed by atoms with Crippen LogP contribution >= 0.6 is 38.9 Å². The fourth-order valence-corrected chi connectivity index (χ4v) is 3.14. The van der Waals surface area contributed by atoms with Gasteiger partial charge in [0.15, 0.2) is 0 Å². The molecule has 17 heavy (non-hydrogen) atoms. The van der Waals surface area contributed by atoms with Crippen LogP contribution in [0.4, 0.5) is 5.69 Å². The summed E-state index contributed by atoms with van der Waals surface area (Å²) in [6.07, 6.45) is 0. The molecule has 1 heterocycles. The third kappa shape index (κ3) is 3.22. The first-order chi connectivity index (χ1) is 8.20. The Bertz CT molecular complexity index is 503. The van der Waals surface area contributed by atoms with Gasteiger partial charge in [0.2, 0.25) is 0 Å². The molecular formula is C12H11BrClNOS. The lowest BCUT2D eigenvalue weighted by molar-refractivity contribution is 0.278. The van der Waals surface area contributed by atoms with E-state index in [0.717, 1.165) is 14.4 Å². The van der Waals surface area contributed by atoms with Crippen LogP contribution in [0.1, 0.15) is 10.9 Å². The van der Waals surface area contributed by atoms with Crippen molar-refractivity contribution in [1.29, 1.82) is 0 Å². The summed E-state index contributed by atoms with van der Waals surface area (Å²) in [5.74, 6) is 0. The second kappa shape index (κ2) is 5.87. The van der Waals surface area contributed by atoms with E-state index in [1.54, 1.807) is 11.3 Å². The zero-order chi connectivity index (χ0) is 12.3. The molecule has 0 saturated carbocycles. The second-order valence-corrected chi connectivity index (χ2v) is 6.40. The van der Waals surface area contributed by atoms with Crippen LogP contribution in [0.3, 0.4) is 0 Å². The van der Waals surface area contributed by atoms with Crippen LogP contribution < -0.4 is 5.32 Å².